The summed E-state index contributed by atoms with van der Waals surface area (Å²) in [6, 6.07) is 12.3. The first-order valence-electron chi connectivity index (χ1n) is 6.33. The Bertz CT molecular complexity index is 608. The minimum absolute atomic E-state index is 0.0474. The first-order valence-corrected chi connectivity index (χ1v) is 6.33. The zero-order chi connectivity index (χ0) is 14.4. The maximum absolute atomic E-state index is 12.1. The first-order chi connectivity index (χ1) is 9.72. The monoisotopic (exact) mass is 269 g/mol. The molecule has 0 aliphatic rings. The Kier molecular flexibility index (Phi) is 4.60. The minimum Gasteiger partial charge on any atom is -0.494 e. The molecule has 0 aliphatic heterocycles. The van der Waals surface area contributed by atoms with Gasteiger partial charge in [-0.25, -0.2) is 4.98 Å². The summed E-state index contributed by atoms with van der Waals surface area (Å²) in [5.41, 5.74) is 0.893. The van der Waals surface area contributed by atoms with Crippen molar-refractivity contribution in [3.8, 4) is 5.75 Å². The number of hydrogen-bond donors (Lipinski definition) is 0. The van der Waals surface area contributed by atoms with E-state index in [0.717, 1.165) is 0 Å². The summed E-state index contributed by atoms with van der Waals surface area (Å²) < 4.78 is 5.09. The average molecular weight is 269 g/mol. The number of carbonyl (C=O) groups is 2. The fourth-order valence-corrected chi connectivity index (χ4v) is 1.88. The number of Topliss-reactive ketones (excluding diaryl/α,β-unsaturated/α-hetero) is 2. The normalized spacial score (nSPS) is 10.1. The third kappa shape index (κ3) is 3.29. The highest BCUT2D eigenvalue weighted by atomic mass is 16.5. The van der Waals surface area contributed by atoms with Crippen molar-refractivity contribution in [3.05, 3.63) is 59.9 Å². The van der Waals surface area contributed by atoms with Crippen LogP contribution in [0.4, 0.5) is 0 Å². The Hall–Kier alpha value is -2.49. The second-order valence-electron chi connectivity index (χ2n) is 4.27. The number of rotatable bonds is 6. The van der Waals surface area contributed by atoms with Gasteiger partial charge in [-0.15, -0.1) is 0 Å². The molecule has 0 saturated carbocycles. The predicted molar refractivity (Wildman–Crippen MR) is 75.1 cm³/mol. The molecule has 0 atom stereocenters. The molecular weight excluding hydrogens is 254 g/mol. The standard InChI is InChI=1S/C16H15NO3/c1-20-15-8-5-11-17-16(15)14(19)10-9-13(18)12-6-3-2-4-7-12/h2-8,11H,9-10H2,1H3. The van der Waals surface area contributed by atoms with Gasteiger partial charge in [0.1, 0.15) is 11.4 Å². The molecule has 1 heterocycles. The maximum atomic E-state index is 12.1. The van der Waals surface area contributed by atoms with Gasteiger partial charge in [0.2, 0.25) is 0 Å². The summed E-state index contributed by atoms with van der Waals surface area (Å²) in [6.07, 6.45) is 1.83. The van der Waals surface area contributed by atoms with Crippen molar-refractivity contribution in [2.75, 3.05) is 7.11 Å². The van der Waals surface area contributed by atoms with Crippen molar-refractivity contribution >= 4 is 11.6 Å². The number of benzene rings is 1. The fraction of sp³-hybridized carbons (Fsp3) is 0.188. The minimum atomic E-state index is -0.188. The molecule has 102 valence electrons. The summed E-state index contributed by atoms with van der Waals surface area (Å²) >= 11 is 0. The Morgan fingerprint density at radius 3 is 2.40 bits per heavy atom. The van der Waals surface area contributed by atoms with Gasteiger partial charge in [-0.05, 0) is 12.1 Å². The van der Waals surface area contributed by atoms with Crippen LogP contribution in [0.15, 0.2) is 48.7 Å². The molecule has 20 heavy (non-hydrogen) atoms. The second-order valence-corrected chi connectivity index (χ2v) is 4.27. The quantitative estimate of drug-likeness (QED) is 0.756. The number of ketones is 2. The summed E-state index contributed by atoms with van der Waals surface area (Å²) in [7, 11) is 1.49. The molecule has 0 amide bonds. The Morgan fingerprint density at radius 2 is 1.70 bits per heavy atom. The van der Waals surface area contributed by atoms with E-state index in [1.807, 2.05) is 6.07 Å². The van der Waals surface area contributed by atoms with E-state index in [1.54, 1.807) is 36.4 Å². The molecule has 0 saturated heterocycles. The van der Waals surface area contributed by atoms with E-state index in [1.165, 1.54) is 13.3 Å². The number of nitrogens with zero attached hydrogens (tertiary/aromatic N) is 1. The van der Waals surface area contributed by atoms with E-state index in [-0.39, 0.29) is 30.1 Å². The predicted octanol–water partition coefficient (Wildman–Crippen LogP) is 2.94. The molecule has 4 nitrogen and oxygen atoms in total. The van der Waals surface area contributed by atoms with Gasteiger partial charge in [0.05, 0.1) is 7.11 Å². The van der Waals surface area contributed by atoms with E-state index >= 15 is 0 Å². The van der Waals surface area contributed by atoms with Crippen LogP contribution in [0.1, 0.15) is 33.7 Å². The molecule has 0 bridgehead atoms. The molecule has 1 aromatic heterocycles. The third-order valence-corrected chi connectivity index (χ3v) is 2.93. The van der Waals surface area contributed by atoms with Gasteiger partial charge in [-0.2, -0.15) is 0 Å². The Labute approximate surface area is 117 Å². The first kappa shape index (κ1) is 13.9. The van der Waals surface area contributed by atoms with Crippen molar-refractivity contribution < 1.29 is 14.3 Å². The van der Waals surface area contributed by atoms with Crippen molar-refractivity contribution in [2.45, 2.75) is 12.8 Å². The van der Waals surface area contributed by atoms with E-state index in [2.05, 4.69) is 4.98 Å². The van der Waals surface area contributed by atoms with Crippen molar-refractivity contribution in [3.63, 3.8) is 0 Å². The maximum Gasteiger partial charge on any atom is 0.185 e. The molecule has 1 aromatic carbocycles. The lowest BCUT2D eigenvalue weighted by Crippen LogP contribution is -2.08. The van der Waals surface area contributed by atoms with E-state index < -0.39 is 0 Å². The number of aromatic nitrogens is 1. The topological polar surface area (TPSA) is 56.3 Å². The zero-order valence-corrected chi connectivity index (χ0v) is 11.2. The van der Waals surface area contributed by atoms with Gasteiger partial charge in [0, 0.05) is 24.6 Å². The van der Waals surface area contributed by atoms with Gasteiger partial charge >= 0.3 is 0 Å². The van der Waals surface area contributed by atoms with Crippen LogP contribution in [0.3, 0.4) is 0 Å². The lowest BCUT2D eigenvalue weighted by molar-refractivity contribution is 0.0913. The van der Waals surface area contributed by atoms with Crippen LogP contribution in [0.25, 0.3) is 0 Å². The van der Waals surface area contributed by atoms with Crippen LogP contribution in [0.2, 0.25) is 0 Å². The van der Waals surface area contributed by atoms with Gasteiger partial charge in [0.15, 0.2) is 11.6 Å². The lowest BCUT2D eigenvalue weighted by Gasteiger charge is -2.05. The zero-order valence-electron chi connectivity index (χ0n) is 11.2. The smallest absolute Gasteiger partial charge is 0.185 e. The van der Waals surface area contributed by atoms with Crippen LogP contribution in [0, 0.1) is 0 Å². The van der Waals surface area contributed by atoms with E-state index in [9.17, 15) is 9.59 Å². The molecule has 0 N–H and O–H groups in total. The lowest BCUT2D eigenvalue weighted by atomic mass is 10.0. The average Bonchev–Trinajstić information content (AvgIpc) is 2.53. The molecule has 0 spiro atoms. The van der Waals surface area contributed by atoms with Gasteiger partial charge in [-0.3, -0.25) is 9.59 Å². The van der Waals surface area contributed by atoms with Gasteiger partial charge < -0.3 is 4.74 Å². The van der Waals surface area contributed by atoms with Crippen LogP contribution in [-0.4, -0.2) is 23.7 Å². The molecule has 4 heteroatoms. The third-order valence-electron chi connectivity index (χ3n) is 2.93. The molecule has 0 unspecified atom stereocenters. The number of pyridine rings is 1. The molecule has 0 radical (unpaired) electrons. The van der Waals surface area contributed by atoms with E-state index in [4.69, 9.17) is 4.74 Å². The molecule has 0 fully saturated rings. The highest BCUT2D eigenvalue weighted by molar-refractivity contribution is 6.02. The highest BCUT2D eigenvalue weighted by Crippen LogP contribution is 2.17. The van der Waals surface area contributed by atoms with E-state index in [0.29, 0.717) is 11.3 Å². The SMILES string of the molecule is COc1cccnc1C(=O)CCC(=O)c1ccccc1. The molecular formula is C16H15NO3. The van der Waals surface area contributed by atoms with Crippen LogP contribution in [-0.2, 0) is 0 Å². The van der Waals surface area contributed by atoms with Gasteiger partial charge in [0.25, 0.3) is 0 Å². The van der Waals surface area contributed by atoms with Gasteiger partial charge in [-0.1, -0.05) is 30.3 Å². The summed E-state index contributed by atoms with van der Waals surface area (Å²) in [6.45, 7) is 0. The number of methoxy groups -OCH3 is 1. The van der Waals surface area contributed by atoms with Crippen molar-refractivity contribution in [1.82, 2.24) is 4.98 Å². The van der Waals surface area contributed by atoms with Crippen molar-refractivity contribution in [2.24, 2.45) is 0 Å². The largest absolute Gasteiger partial charge is 0.494 e. The fourth-order valence-electron chi connectivity index (χ4n) is 1.88. The summed E-state index contributed by atoms with van der Waals surface area (Å²) in [5.74, 6) is 0.199. The second kappa shape index (κ2) is 6.61. The number of hydrogen-bond acceptors (Lipinski definition) is 4. The summed E-state index contributed by atoms with van der Waals surface area (Å²) in [5, 5.41) is 0. The van der Waals surface area contributed by atoms with Crippen molar-refractivity contribution in [1.29, 1.82) is 0 Å². The van der Waals surface area contributed by atoms with Crippen LogP contribution in [0.5, 0.6) is 5.75 Å². The van der Waals surface area contributed by atoms with Crippen LogP contribution < -0.4 is 4.74 Å². The summed E-state index contributed by atoms with van der Waals surface area (Å²) in [4.78, 5) is 28.0. The van der Waals surface area contributed by atoms with Crippen LogP contribution >= 0.6 is 0 Å². The highest BCUT2D eigenvalue weighted by Gasteiger charge is 2.15. The Balaban J connectivity index is 2.01. The Morgan fingerprint density at radius 1 is 1.00 bits per heavy atom. The number of carbonyl (C=O) groups excluding carboxylic acids is 2. The number of ether oxygens (including phenoxy) is 1. The molecule has 2 rings (SSSR count). The molecule has 0 aliphatic carbocycles. The molecule has 2 aromatic rings.